The predicted octanol–water partition coefficient (Wildman–Crippen LogP) is 4.29. The van der Waals surface area contributed by atoms with Gasteiger partial charge in [0.05, 0.1) is 37.0 Å². The lowest BCUT2D eigenvalue weighted by Gasteiger charge is -2.34. The van der Waals surface area contributed by atoms with Crippen molar-refractivity contribution in [2.75, 3.05) is 27.3 Å². The van der Waals surface area contributed by atoms with Crippen LogP contribution in [0.15, 0.2) is 52.7 Å². The molecule has 32 heavy (non-hydrogen) atoms. The highest BCUT2D eigenvalue weighted by Gasteiger charge is 2.32. The number of morpholine rings is 1. The fourth-order valence-electron chi connectivity index (χ4n) is 3.80. The first-order chi connectivity index (χ1) is 15.3. The molecule has 2 heterocycles. The topological polar surface area (TPSA) is 78.0 Å². The number of ether oxygens (including phenoxy) is 3. The predicted molar refractivity (Wildman–Crippen MR) is 125 cm³/mol. The van der Waals surface area contributed by atoms with Crippen molar-refractivity contribution >= 4 is 21.4 Å². The van der Waals surface area contributed by atoms with Crippen LogP contribution in [0.2, 0.25) is 0 Å². The van der Waals surface area contributed by atoms with Gasteiger partial charge in [0.1, 0.15) is 5.01 Å². The number of rotatable bonds is 6. The molecule has 1 saturated heterocycles. The second-order valence-corrected chi connectivity index (χ2v) is 10.5. The van der Waals surface area contributed by atoms with Crippen LogP contribution in [0.5, 0.6) is 11.5 Å². The third-order valence-corrected chi connectivity index (χ3v) is 8.01. The molecule has 0 bridgehead atoms. The maximum Gasteiger partial charge on any atom is 0.243 e. The molecule has 0 radical (unpaired) electrons. The van der Waals surface area contributed by atoms with Gasteiger partial charge < -0.3 is 14.2 Å². The fourth-order valence-corrected chi connectivity index (χ4v) is 6.26. The van der Waals surface area contributed by atoms with Crippen LogP contribution in [0.1, 0.15) is 13.8 Å². The van der Waals surface area contributed by atoms with Gasteiger partial charge in [-0.1, -0.05) is 12.1 Å². The summed E-state index contributed by atoms with van der Waals surface area (Å²) in [6.07, 6.45) is -0.279. The van der Waals surface area contributed by atoms with Gasteiger partial charge in [-0.2, -0.15) is 4.31 Å². The minimum Gasteiger partial charge on any atom is -0.493 e. The summed E-state index contributed by atoms with van der Waals surface area (Å²) < 4.78 is 44.4. The zero-order chi connectivity index (χ0) is 22.9. The minimum atomic E-state index is -3.62. The van der Waals surface area contributed by atoms with E-state index in [1.54, 1.807) is 32.4 Å². The van der Waals surface area contributed by atoms with Gasteiger partial charge in [0.15, 0.2) is 11.5 Å². The van der Waals surface area contributed by atoms with Crippen molar-refractivity contribution < 1.29 is 22.6 Å². The lowest BCUT2D eigenvalue weighted by atomic mass is 10.2. The first-order valence-corrected chi connectivity index (χ1v) is 12.6. The van der Waals surface area contributed by atoms with E-state index < -0.39 is 10.0 Å². The third-order valence-electron chi connectivity index (χ3n) is 5.29. The average molecular weight is 475 g/mol. The van der Waals surface area contributed by atoms with E-state index in [1.165, 1.54) is 15.6 Å². The van der Waals surface area contributed by atoms with Crippen molar-refractivity contribution in [3.05, 3.63) is 47.8 Å². The Balaban J connectivity index is 1.63. The van der Waals surface area contributed by atoms with E-state index >= 15 is 0 Å². The number of benzene rings is 2. The van der Waals surface area contributed by atoms with Crippen LogP contribution < -0.4 is 9.47 Å². The molecule has 0 aliphatic carbocycles. The van der Waals surface area contributed by atoms with Crippen molar-refractivity contribution in [1.29, 1.82) is 0 Å². The van der Waals surface area contributed by atoms with E-state index in [4.69, 9.17) is 19.2 Å². The van der Waals surface area contributed by atoms with Crippen LogP contribution in [0.25, 0.3) is 21.8 Å². The quantitative estimate of drug-likeness (QED) is 0.530. The summed E-state index contributed by atoms with van der Waals surface area (Å²) in [5.74, 6) is 1.28. The number of methoxy groups -OCH3 is 2. The maximum atomic E-state index is 13.2. The molecule has 2 unspecified atom stereocenters. The average Bonchev–Trinajstić information content (AvgIpc) is 3.28. The van der Waals surface area contributed by atoms with Crippen molar-refractivity contribution in [3.8, 4) is 33.3 Å². The van der Waals surface area contributed by atoms with E-state index in [2.05, 4.69) is 0 Å². The van der Waals surface area contributed by atoms with Gasteiger partial charge in [0.2, 0.25) is 10.0 Å². The normalized spacial score (nSPS) is 19.6. The van der Waals surface area contributed by atoms with E-state index in [-0.39, 0.29) is 17.1 Å². The molecule has 0 N–H and O–H groups in total. The molecular weight excluding hydrogens is 448 g/mol. The van der Waals surface area contributed by atoms with E-state index in [9.17, 15) is 8.42 Å². The van der Waals surface area contributed by atoms with Crippen LogP contribution in [0.4, 0.5) is 0 Å². The molecule has 170 valence electrons. The summed E-state index contributed by atoms with van der Waals surface area (Å²) in [6, 6.07) is 12.6. The van der Waals surface area contributed by atoms with Crippen molar-refractivity contribution in [1.82, 2.24) is 9.29 Å². The van der Waals surface area contributed by atoms with Crippen LogP contribution >= 0.6 is 11.3 Å². The van der Waals surface area contributed by atoms with Crippen molar-refractivity contribution in [2.24, 2.45) is 0 Å². The van der Waals surface area contributed by atoms with Gasteiger partial charge in [-0.05, 0) is 44.2 Å². The van der Waals surface area contributed by atoms with Crippen molar-refractivity contribution in [2.45, 2.75) is 31.0 Å². The molecule has 2 atom stereocenters. The Morgan fingerprint density at radius 1 is 1.00 bits per heavy atom. The van der Waals surface area contributed by atoms with Gasteiger partial charge >= 0.3 is 0 Å². The number of nitrogens with zero attached hydrogens (tertiary/aromatic N) is 2. The summed E-state index contributed by atoms with van der Waals surface area (Å²) >= 11 is 1.49. The summed E-state index contributed by atoms with van der Waals surface area (Å²) in [6.45, 7) is 4.47. The Bertz CT molecular complexity index is 1200. The molecule has 9 heteroatoms. The van der Waals surface area contributed by atoms with Gasteiger partial charge in [-0.3, -0.25) is 0 Å². The first-order valence-electron chi connectivity index (χ1n) is 10.3. The molecule has 1 aromatic heterocycles. The molecule has 2 aromatic carbocycles. The molecule has 0 amide bonds. The van der Waals surface area contributed by atoms with E-state index in [0.29, 0.717) is 24.6 Å². The molecule has 3 aromatic rings. The Kier molecular flexibility index (Phi) is 6.52. The summed E-state index contributed by atoms with van der Waals surface area (Å²) in [5.41, 5.74) is 2.38. The SMILES string of the molecule is COc1ccc(-c2nc(-c3cccc(S(=O)(=O)N4CC(C)OC(C)C4)c3)cs2)cc1OC. The fraction of sp³-hybridized carbons (Fsp3) is 0.348. The second-order valence-electron chi connectivity index (χ2n) is 7.71. The van der Waals surface area contributed by atoms with E-state index in [1.807, 2.05) is 43.5 Å². The summed E-state index contributed by atoms with van der Waals surface area (Å²) in [4.78, 5) is 5.00. The molecule has 0 saturated carbocycles. The minimum absolute atomic E-state index is 0.140. The monoisotopic (exact) mass is 474 g/mol. The van der Waals surface area contributed by atoms with Gasteiger partial charge in [-0.15, -0.1) is 11.3 Å². The molecule has 7 nitrogen and oxygen atoms in total. The van der Waals surface area contributed by atoms with Gasteiger partial charge in [0, 0.05) is 29.6 Å². The Hall–Kier alpha value is -2.46. The zero-order valence-electron chi connectivity index (χ0n) is 18.4. The highest BCUT2D eigenvalue weighted by molar-refractivity contribution is 7.89. The number of hydrogen-bond donors (Lipinski definition) is 0. The Labute approximate surface area is 192 Å². The molecule has 4 rings (SSSR count). The smallest absolute Gasteiger partial charge is 0.243 e. The molecule has 0 spiro atoms. The zero-order valence-corrected chi connectivity index (χ0v) is 20.1. The van der Waals surface area contributed by atoms with Crippen LogP contribution in [-0.2, 0) is 14.8 Å². The van der Waals surface area contributed by atoms with Crippen LogP contribution in [0.3, 0.4) is 0 Å². The number of hydrogen-bond acceptors (Lipinski definition) is 7. The summed E-state index contributed by atoms with van der Waals surface area (Å²) in [5, 5.41) is 2.74. The lowest BCUT2D eigenvalue weighted by Crippen LogP contribution is -2.48. The van der Waals surface area contributed by atoms with Crippen molar-refractivity contribution in [3.63, 3.8) is 0 Å². The van der Waals surface area contributed by atoms with Gasteiger partial charge in [-0.25, -0.2) is 13.4 Å². The van der Waals surface area contributed by atoms with Crippen LogP contribution in [-0.4, -0.2) is 57.2 Å². The second kappa shape index (κ2) is 9.19. The third kappa shape index (κ3) is 4.52. The molecule has 1 aliphatic heterocycles. The molecule has 1 fully saturated rings. The highest BCUT2D eigenvalue weighted by Crippen LogP contribution is 2.35. The van der Waals surface area contributed by atoms with Crippen LogP contribution in [0, 0.1) is 0 Å². The number of thiazole rings is 1. The van der Waals surface area contributed by atoms with E-state index in [0.717, 1.165) is 21.8 Å². The first kappa shape index (κ1) is 22.7. The largest absolute Gasteiger partial charge is 0.493 e. The number of aromatic nitrogens is 1. The standard InChI is InChI=1S/C23H26N2O5S2/c1-15-12-25(13-16(2)30-15)32(26,27)19-7-5-6-17(10-19)20-14-31-23(24-20)18-8-9-21(28-3)22(11-18)29-4/h5-11,14-16H,12-13H2,1-4H3. The maximum absolute atomic E-state index is 13.2. The Morgan fingerprint density at radius 2 is 1.72 bits per heavy atom. The summed E-state index contributed by atoms with van der Waals surface area (Å²) in [7, 11) is -0.432. The Morgan fingerprint density at radius 3 is 2.41 bits per heavy atom. The number of sulfonamides is 1. The molecule has 1 aliphatic rings. The highest BCUT2D eigenvalue weighted by atomic mass is 32.2. The van der Waals surface area contributed by atoms with Gasteiger partial charge in [0.25, 0.3) is 0 Å². The molecular formula is C23H26N2O5S2. The lowest BCUT2D eigenvalue weighted by molar-refractivity contribution is -0.0440.